The Balaban J connectivity index is 2.55. The van der Waals surface area contributed by atoms with Crippen molar-refractivity contribution in [2.24, 2.45) is 5.73 Å². The van der Waals surface area contributed by atoms with Gasteiger partial charge in [-0.1, -0.05) is 0 Å². The number of halogens is 3. The molecule has 0 spiro atoms. The summed E-state index contributed by atoms with van der Waals surface area (Å²) in [5.41, 5.74) is 5.27. The van der Waals surface area contributed by atoms with Gasteiger partial charge in [0, 0.05) is 19.1 Å². The van der Waals surface area contributed by atoms with E-state index in [0.717, 1.165) is 12.8 Å². The monoisotopic (exact) mass is 253 g/mol. The van der Waals surface area contributed by atoms with Gasteiger partial charge in [0.1, 0.15) is 6.04 Å². The third-order valence-corrected chi connectivity index (χ3v) is 3.49. The molecule has 2 N–H and O–H groups in total. The smallest absolute Gasteiger partial charge is 0.330 e. The summed E-state index contributed by atoms with van der Waals surface area (Å²) in [6.45, 7) is 1.10. The fourth-order valence-electron chi connectivity index (χ4n) is 2.43. The Hall–Kier alpha value is -0.330. The third-order valence-electron chi connectivity index (χ3n) is 3.49. The van der Waals surface area contributed by atoms with E-state index in [-0.39, 0.29) is 13.0 Å². The zero-order valence-electron chi connectivity index (χ0n) is 10.5. The number of nitrogens with zero attached hydrogens (tertiary/aromatic N) is 2. The minimum Gasteiger partial charge on any atom is -0.330 e. The van der Waals surface area contributed by atoms with E-state index in [0.29, 0.717) is 19.1 Å². The van der Waals surface area contributed by atoms with Crippen molar-refractivity contribution < 1.29 is 13.2 Å². The summed E-state index contributed by atoms with van der Waals surface area (Å²) in [4.78, 5) is 3.62. The summed E-state index contributed by atoms with van der Waals surface area (Å²) < 4.78 is 38.5. The second-order valence-electron chi connectivity index (χ2n) is 4.87. The molecule has 17 heavy (non-hydrogen) atoms. The van der Waals surface area contributed by atoms with Crippen molar-refractivity contribution in [1.29, 1.82) is 0 Å². The molecule has 1 aliphatic rings. The zero-order chi connectivity index (χ0) is 13.1. The number of alkyl halides is 3. The highest BCUT2D eigenvalue weighted by molar-refractivity contribution is 4.85. The first-order valence-electron chi connectivity index (χ1n) is 6.03. The molecule has 0 bridgehead atoms. The van der Waals surface area contributed by atoms with Crippen LogP contribution in [0.2, 0.25) is 0 Å². The summed E-state index contributed by atoms with van der Waals surface area (Å²) in [7, 11) is 3.95. The van der Waals surface area contributed by atoms with E-state index in [4.69, 9.17) is 5.73 Å². The second-order valence-corrected chi connectivity index (χ2v) is 4.87. The first kappa shape index (κ1) is 14.7. The second kappa shape index (κ2) is 6.02. The van der Waals surface area contributed by atoms with Gasteiger partial charge in [0.15, 0.2) is 0 Å². The van der Waals surface area contributed by atoms with Crippen LogP contribution < -0.4 is 5.73 Å². The van der Waals surface area contributed by atoms with Crippen LogP contribution in [0.3, 0.4) is 0 Å². The zero-order valence-corrected chi connectivity index (χ0v) is 10.5. The minimum atomic E-state index is -4.16. The molecule has 1 saturated heterocycles. The summed E-state index contributed by atoms with van der Waals surface area (Å²) in [5, 5.41) is 0. The SMILES string of the molecule is CN(C)C1CCN(C(CCN)C(F)(F)F)CC1. The maximum atomic E-state index is 12.8. The van der Waals surface area contributed by atoms with E-state index in [1.807, 2.05) is 14.1 Å². The predicted molar refractivity (Wildman–Crippen MR) is 61.8 cm³/mol. The van der Waals surface area contributed by atoms with Crippen LogP contribution in [0.4, 0.5) is 13.2 Å². The maximum absolute atomic E-state index is 12.8. The van der Waals surface area contributed by atoms with Crippen molar-refractivity contribution in [3.63, 3.8) is 0 Å². The van der Waals surface area contributed by atoms with Crippen molar-refractivity contribution in [2.45, 2.75) is 37.5 Å². The Labute approximate surface area is 101 Å². The average Bonchev–Trinajstić information content (AvgIpc) is 2.24. The molecule has 0 radical (unpaired) electrons. The number of rotatable bonds is 4. The summed E-state index contributed by atoms with van der Waals surface area (Å²) in [6, 6.07) is -0.964. The van der Waals surface area contributed by atoms with E-state index in [2.05, 4.69) is 4.90 Å². The van der Waals surface area contributed by atoms with Crippen molar-refractivity contribution in [1.82, 2.24) is 9.80 Å². The number of hydrogen-bond acceptors (Lipinski definition) is 3. The number of piperidine rings is 1. The van der Waals surface area contributed by atoms with Gasteiger partial charge in [-0.3, -0.25) is 4.90 Å². The lowest BCUT2D eigenvalue weighted by atomic mass is 10.0. The fourth-order valence-corrected chi connectivity index (χ4v) is 2.43. The highest BCUT2D eigenvalue weighted by Gasteiger charge is 2.43. The minimum absolute atomic E-state index is 0.00384. The van der Waals surface area contributed by atoms with Gasteiger partial charge in [-0.25, -0.2) is 0 Å². The van der Waals surface area contributed by atoms with Gasteiger partial charge in [-0.2, -0.15) is 13.2 Å². The molecular weight excluding hydrogens is 231 g/mol. The molecule has 6 heteroatoms. The van der Waals surface area contributed by atoms with Crippen LogP contribution in [-0.2, 0) is 0 Å². The van der Waals surface area contributed by atoms with Crippen molar-refractivity contribution >= 4 is 0 Å². The highest BCUT2D eigenvalue weighted by atomic mass is 19.4. The largest absolute Gasteiger partial charge is 0.404 e. The quantitative estimate of drug-likeness (QED) is 0.819. The lowest BCUT2D eigenvalue weighted by Gasteiger charge is -2.40. The Morgan fingerprint density at radius 2 is 1.82 bits per heavy atom. The van der Waals surface area contributed by atoms with E-state index in [1.54, 1.807) is 0 Å². The normalized spacial score (nSPS) is 22.1. The molecule has 1 aliphatic heterocycles. The molecule has 0 saturated carbocycles. The molecule has 3 nitrogen and oxygen atoms in total. The maximum Gasteiger partial charge on any atom is 0.404 e. The van der Waals surface area contributed by atoms with E-state index < -0.39 is 12.2 Å². The van der Waals surface area contributed by atoms with Crippen LogP contribution in [0, 0.1) is 0 Å². The van der Waals surface area contributed by atoms with Gasteiger partial charge in [0.2, 0.25) is 0 Å². The molecule has 0 aromatic heterocycles. The molecule has 0 aliphatic carbocycles. The van der Waals surface area contributed by atoms with Crippen LogP contribution >= 0.6 is 0 Å². The lowest BCUT2D eigenvalue weighted by Crippen LogP contribution is -2.52. The van der Waals surface area contributed by atoms with Gasteiger partial charge in [0.05, 0.1) is 0 Å². The summed E-state index contributed by atoms with van der Waals surface area (Å²) in [5.74, 6) is 0. The summed E-state index contributed by atoms with van der Waals surface area (Å²) >= 11 is 0. The highest BCUT2D eigenvalue weighted by Crippen LogP contribution is 2.29. The third kappa shape index (κ3) is 4.12. The summed E-state index contributed by atoms with van der Waals surface area (Å²) in [6.07, 6.45) is -2.57. The predicted octanol–water partition coefficient (Wildman–Crippen LogP) is 1.29. The van der Waals surface area contributed by atoms with Gasteiger partial charge < -0.3 is 10.6 Å². The first-order chi connectivity index (χ1) is 7.86. The molecule has 0 aromatic rings. The molecule has 1 rings (SSSR count). The molecule has 1 unspecified atom stereocenters. The Kier molecular flexibility index (Phi) is 5.22. The molecule has 1 atom stereocenters. The van der Waals surface area contributed by atoms with Gasteiger partial charge >= 0.3 is 6.18 Å². The number of hydrogen-bond donors (Lipinski definition) is 1. The Morgan fingerprint density at radius 3 is 2.18 bits per heavy atom. The standard InChI is InChI=1S/C11H22F3N3/c1-16(2)9-4-7-17(8-5-9)10(3-6-15)11(12,13)14/h9-10H,3-8,15H2,1-2H3. The molecule has 0 aromatic carbocycles. The Morgan fingerprint density at radius 1 is 1.29 bits per heavy atom. The van der Waals surface area contributed by atoms with Crippen LogP contribution in [0.25, 0.3) is 0 Å². The molecule has 1 heterocycles. The lowest BCUT2D eigenvalue weighted by molar-refractivity contribution is -0.188. The van der Waals surface area contributed by atoms with Crippen molar-refractivity contribution in [3.05, 3.63) is 0 Å². The topological polar surface area (TPSA) is 32.5 Å². The number of likely N-dealkylation sites (tertiary alicyclic amines) is 1. The molecule has 0 amide bonds. The van der Waals surface area contributed by atoms with Gasteiger partial charge in [-0.05, 0) is 39.9 Å². The van der Waals surface area contributed by atoms with E-state index in [1.165, 1.54) is 4.90 Å². The van der Waals surface area contributed by atoms with Crippen molar-refractivity contribution in [2.75, 3.05) is 33.7 Å². The van der Waals surface area contributed by atoms with E-state index >= 15 is 0 Å². The molecule has 102 valence electrons. The van der Waals surface area contributed by atoms with Crippen LogP contribution in [0.15, 0.2) is 0 Å². The van der Waals surface area contributed by atoms with Crippen LogP contribution in [0.1, 0.15) is 19.3 Å². The van der Waals surface area contributed by atoms with Gasteiger partial charge in [0.25, 0.3) is 0 Å². The van der Waals surface area contributed by atoms with Crippen molar-refractivity contribution in [3.8, 4) is 0 Å². The van der Waals surface area contributed by atoms with Gasteiger partial charge in [-0.15, -0.1) is 0 Å². The molecule has 1 fully saturated rings. The average molecular weight is 253 g/mol. The Bertz CT molecular complexity index is 222. The fraction of sp³-hybridized carbons (Fsp3) is 1.00. The van der Waals surface area contributed by atoms with E-state index in [9.17, 15) is 13.2 Å². The molecular formula is C11H22F3N3. The first-order valence-corrected chi connectivity index (χ1v) is 6.03. The number of nitrogens with two attached hydrogens (primary N) is 1. The van der Waals surface area contributed by atoms with Crippen LogP contribution in [0.5, 0.6) is 0 Å². The van der Waals surface area contributed by atoms with Crippen LogP contribution in [-0.4, -0.2) is 61.8 Å².